The molecule has 1 saturated carbocycles. The van der Waals surface area contributed by atoms with Crippen molar-refractivity contribution in [3.05, 3.63) is 11.9 Å². The number of carbonyl (C=O) groups is 1. The maximum absolute atomic E-state index is 8.81. The Hall–Kier alpha value is -1.19. The highest BCUT2D eigenvalue weighted by Crippen LogP contribution is 2.42. The van der Waals surface area contributed by atoms with Gasteiger partial charge in [-0.3, -0.25) is 4.68 Å². The Labute approximate surface area is 162 Å². The number of hydrogen-bond donors (Lipinski definition) is 0. The second-order valence-corrected chi connectivity index (χ2v) is 7.52. The van der Waals surface area contributed by atoms with E-state index in [4.69, 9.17) is 4.79 Å². The van der Waals surface area contributed by atoms with Crippen LogP contribution in [0.3, 0.4) is 0 Å². The van der Waals surface area contributed by atoms with Crippen molar-refractivity contribution in [2.45, 2.75) is 118 Å². The molecule has 26 heavy (non-hydrogen) atoms. The molecule has 0 radical (unpaired) electrons. The fourth-order valence-electron chi connectivity index (χ4n) is 3.33. The molecule has 0 N–H and O–H groups in total. The van der Waals surface area contributed by atoms with Gasteiger partial charge in [-0.1, -0.05) is 84.3 Å². The van der Waals surface area contributed by atoms with Crippen LogP contribution >= 0.6 is 0 Å². The number of aromatic nitrogens is 3. The first kappa shape index (κ1) is 24.8. The standard InChI is InChI=1S/C18H33N3.C2H4O.C2H6/c1-3-4-5-6-7-8-9-10-14-21-16-17(19-20-21)15-18(2)12-11-13-18;1-2-3;1-2/h16H,3-15H2,1-2H3;2H,1H3;1-2H3. The number of aldehydes is 1. The van der Waals surface area contributed by atoms with E-state index in [1.807, 2.05) is 13.8 Å². The predicted octanol–water partition coefficient (Wildman–Crippen LogP) is 6.38. The number of aryl methyl sites for hydroxylation is 1. The zero-order chi connectivity index (χ0) is 19.7. The van der Waals surface area contributed by atoms with Crippen LogP contribution in [0.1, 0.15) is 111 Å². The van der Waals surface area contributed by atoms with Crippen LogP contribution in [0.25, 0.3) is 0 Å². The van der Waals surface area contributed by atoms with Crippen LogP contribution in [0.15, 0.2) is 6.20 Å². The summed E-state index contributed by atoms with van der Waals surface area (Å²) >= 11 is 0. The molecule has 1 fully saturated rings. The molecule has 1 heterocycles. The lowest BCUT2D eigenvalue weighted by Gasteiger charge is -2.37. The molecule has 0 bridgehead atoms. The minimum Gasteiger partial charge on any atom is -0.304 e. The number of carbonyl (C=O) groups excluding carboxylic acids is 1. The molecule has 0 unspecified atom stereocenters. The van der Waals surface area contributed by atoms with Crippen LogP contribution in [0, 0.1) is 5.41 Å². The zero-order valence-electron chi connectivity index (χ0n) is 18.1. The van der Waals surface area contributed by atoms with Crippen LogP contribution in [-0.2, 0) is 17.8 Å². The monoisotopic (exact) mass is 365 g/mol. The van der Waals surface area contributed by atoms with E-state index in [-0.39, 0.29) is 0 Å². The normalized spacial score (nSPS) is 14.3. The van der Waals surface area contributed by atoms with Crippen LogP contribution < -0.4 is 0 Å². The summed E-state index contributed by atoms with van der Waals surface area (Å²) in [4.78, 5) is 8.81. The molecule has 0 atom stereocenters. The molecule has 0 spiro atoms. The van der Waals surface area contributed by atoms with Gasteiger partial charge in [-0.2, -0.15) is 0 Å². The zero-order valence-corrected chi connectivity index (χ0v) is 18.1. The molecule has 1 aromatic rings. The van der Waals surface area contributed by atoms with Gasteiger partial charge in [0, 0.05) is 12.7 Å². The second kappa shape index (κ2) is 16.0. The van der Waals surface area contributed by atoms with Gasteiger partial charge in [-0.05, 0) is 38.0 Å². The average Bonchev–Trinajstić information content (AvgIpc) is 3.05. The summed E-state index contributed by atoms with van der Waals surface area (Å²) in [5.74, 6) is 0. The van der Waals surface area contributed by atoms with Gasteiger partial charge in [-0.25, -0.2) is 0 Å². The maximum Gasteiger partial charge on any atom is 0.116 e. The SMILES string of the molecule is CC.CC=O.CCCCCCCCCCn1cc(CC2(C)CCC2)nn1. The maximum atomic E-state index is 8.81. The minimum absolute atomic E-state index is 0.513. The van der Waals surface area contributed by atoms with Crippen LogP contribution in [0.4, 0.5) is 0 Å². The molecule has 0 amide bonds. The van der Waals surface area contributed by atoms with Crippen molar-refractivity contribution in [3.8, 4) is 0 Å². The molecular weight excluding hydrogens is 322 g/mol. The molecule has 0 aromatic carbocycles. The van der Waals surface area contributed by atoms with Gasteiger partial charge in [0.1, 0.15) is 6.29 Å². The third kappa shape index (κ3) is 11.4. The minimum atomic E-state index is 0.513. The highest BCUT2D eigenvalue weighted by atomic mass is 16.1. The molecule has 1 aliphatic rings. The van der Waals surface area contributed by atoms with Crippen LogP contribution in [0.2, 0.25) is 0 Å². The molecule has 0 aliphatic heterocycles. The van der Waals surface area contributed by atoms with Gasteiger partial charge >= 0.3 is 0 Å². The van der Waals surface area contributed by atoms with Crippen molar-refractivity contribution < 1.29 is 4.79 Å². The molecule has 4 heteroatoms. The third-order valence-corrected chi connectivity index (χ3v) is 5.00. The van der Waals surface area contributed by atoms with E-state index in [1.54, 1.807) is 0 Å². The van der Waals surface area contributed by atoms with E-state index in [0.29, 0.717) is 5.41 Å². The van der Waals surface area contributed by atoms with E-state index in [9.17, 15) is 0 Å². The molecule has 4 nitrogen and oxygen atoms in total. The Bertz CT molecular complexity index is 438. The molecule has 1 aliphatic carbocycles. The smallest absolute Gasteiger partial charge is 0.116 e. The van der Waals surface area contributed by atoms with Crippen molar-refractivity contribution in [1.82, 2.24) is 15.0 Å². The van der Waals surface area contributed by atoms with Gasteiger partial charge in [-0.15, -0.1) is 5.10 Å². The van der Waals surface area contributed by atoms with E-state index in [1.165, 1.54) is 83.2 Å². The first-order valence-electron chi connectivity index (χ1n) is 10.9. The summed E-state index contributed by atoms with van der Waals surface area (Å²) in [6, 6.07) is 0. The van der Waals surface area contributed by atoms with E-state index in [2.05, 4.69) is 35.0 Å². The highest BCUT2D eigenvalue weighted by Gasteiger charge is 2.32. The van der Waals surface area contributed by atoms with Crippen molar-refractivity contribution in [1.29, 1.82) is 0 Å². The van der Waals surface area contributed by atoms with Crippen LogP contribution in [-0.4, -0.2) is 21.3 Å². The number of unbranched alkanes of at least 4 members (excludes halogenated alkanes) is 7. The lowest BCUT2D eigenvalue weighted by atomic mass is 9.68. The summed E-state index contributed by atoms with van der Waals surface area (Å²) in [6.07, 6.45) is 19.1. The Morgan fingerprint density at radius 2 is 1.62 bits per heavy atom. The highest BCUT2D eigenvalue weighted by molar-refractivity contribution is 5.44. The van der Waals surface area contributed by atoms with Crippen molar-refractivity contribution in [2.75, 3.05) is 0 Å². The van der Waals surface area contributed by atoms with Gasteiger partial charge in [0.05, 0.1) is 5.69 Å². The number of rotatable bonds is 11. The summed E-state index contributed by atoms with van der Waals surface area (Å²) < 4.78 is 2.05. The van der Waals surface area contributed by atoms with Crippen LogP contribution in [0.5, 0.6) is 0 Å². The second-order valence-electron chi connectivity index (χ2n) is 7.52. The Balaban J connectivity index is 0.00000113. The van der Waals surface area contributed by atoms with Gasteiger partial charge in [0.25, 0.3) is 0 Å². The number of nitrogens with zero attached hydrogens (tertiary/aromatic N) is 3. The molecule has 2 rings (SSSR count). The summed E-state index contributed by atoms with van der Waals surface area (Å²) in [5.41, 5.74) is 1.70. The van der Waals surface area contributed by atoms with E-state index in [0.717, 1.165) is 19.3 Å². The lowest BCUT2D eigenvalue weighted by Crippen LogP contribution is -2.28. The molecular formula is C22H43N3O. The van der Waals surface area contributed by atoms with Crippen molar-refractivity contribution in [3.63, 3.8) is 0 Å². The Kier molecular flexibility index (Phi) is 15.3. The summed E-state index contributed by atoms with van der Waals surface area (Å²) in [7, 11) is 0. The third-order valence-electron chi connectivity index (χ3n) is 5.00. The Morgan fingerprint density at radius 3 is 2.12 bits per heavy atom. The summed E-state index contributed by atoms with van der Waals surface area (Å²) in [6.45, 7) is 11.1. The first-order chi connectivity index (χ1) is 12.6. The predicted molar refractivity (Wildman–Crippen MR) is 111 cm³/mol. The summed E-state index contributed by atoms with van der Waals surface area (Å²) in [5, 5.41) is 8.63. The Morgan fingerprint density at radius 1 is 1.08 bits per heavy atom. The van der Waals surface area contributed by atoms with Crippen molar-refractivity contribution >= 4 is 6.29 Å². The fourth-order valence-corrected chi connectivity index (χ4v) is 3.33. The average molecular weight is 366 g/mol. The largest absolute Gasteiger partial charge is 0.304 e. The topological polar surface area (TPSA) is 47.8 Å². The van der Waals surface area contributed by atoms with Gasteiger partial charge in [0.2, 0.25) is 0 Å². The first-order valence-corrected chi connectivity index (χ1v) is 10.9. The van der Waals surface area contributed by atoms with Crippen molar-refractivity contribution in [2.24, 2.45) is 5.41 Å². The molecule has 0 saturated heterocycles. The molecule has 1 aromatic heterocycles. The van der Waals surface area contributed by atoms with Gasteiger partial charge < -0.3 is 4.79 Å². The molecule has 152 valence electrons. The fraction of sp³-hybridized carbons (Fsp3) is 0.864. The van der Waals surface area contributed by atoms with Gasteiger partial charge in [0.15, 0.2) is 0 Å². The quantitative estimate of drug-likeness (QED) is 0.337. The van der Waals surface area contributed by atoms with E-state index >= 15 is 0 Å². The van der Waals surface area contributed by atoms with E-state index < -0.39 is 0 Å². The number of hydrogen-bond acceptors (Lipinski definition) is 3. The lowest BCUT2D eigenvalue weighted by molar-refractivity contribution is -0.106.